The van der Waals surface area contributed by atoms with Crippen molar-refractivity contribution in [3.8, 4) is 16.9 Å². The van der Waals surface area contributed by atoms with E-state index in [1.165, 1.54) is 0 Å². The van der Waals surface area contributed by atoms with Gasteiger partial charge in [0, 0.05) is 19.7 Å². The molecule has 152 valence electrons. The normalized spacial score (nSPS) is 10.9. The summed E-state index contributed by atoms with van der Waals surface area (Å²) in [7, 11) is 3.67. The second-order valence-electron chi connectivity index (χ2n) is 7.15. The molecule has 30 heavy (non-hydrogen) atoms. The molecule has 6 nitrogen and oxygen atoms in total. The maximum absolute atomic E-state index is 13.6. The van der Waals surface area contributed by atoms with Gasteiger partial charge in [0.2, 0.25) is 0 Å². The Morgan fingerprint density at radius 2 is 1.70 bits per heavy atom. The number of carbonyl (C=O) groups excluding carboxylic acids is 1. The molecule has 1 amide bonds. The number of rotatable bonds is 5. The molecule has 0 N–H and O–H groups in total. The topological polar surface area (TPSA) is 56.0 Å². The number of para-hydroxylation sites is 1. The Kier molecular flexibility index (Phi) is 5.55. The highest BCUT2D eigenvalue weighted by Crippen LogP contribution is 2.29. The van der Waals surface area contributed by atoms with E-state index in [0.29, 0.717) is 17.8 Å². The highest BCUT2D eigenvalue weighted by atomic mass is 79.9. The standard InChI is InChI=1S/C23H22BrN5O/c1-16-21(23(30)27(2)15-20-19(24)14-25-28(20)3)22(17-10-6-4-7-11-17)26-29(16)18-12-8-5-9-13-18/h4-14H,15H2,1-3H3. The predicted molar refractivity (Wildman–Crippen MR) is 120 cm³/mol. The van der Waals surface area contributed by atoms with E-state index in [1.807, 2.05) is 79.3 Å². The largest absolute Gasteiger partial charge is 0.336 e. The Bertz CT molecular complexity index is 1160. The Morgan fingerprint density at radius 1 is 1.07 bits per heavy atom. The molecule has 0 unspecified atom stereocenters. The van der Waals surface area contributed by atoms with Gasteiger partial charge in [-0.1, -0.05) is 48.5 Å². The van der Waals surface area contributed by atoms with E-state index in [1.54, 1.807) is 22.8 Å². The summed E-state index contributed by atoms with van der Waals surface area (Å²) in [5.74, 6) is -0.0818. The second-order valence-corrected chi connectivity index (χ2v) is 8.00. The lowest BCUT2D eigenvalue weighted by Gasteiger charge is -2.18. The van der Waals surface area contributed by atoms with Crippen molar-refractivity contribution in [1.29, 1.82) is 0 Å². The first kappa shape index (κ1) is 20.1. The van der Waals surface area contributed by atoms with Gasteiger partial charge in [-0.05, 0) is 35.0 Å². The summed E-state index contributed by atoms with van der Waals surface area (Å²) >= 11 is 3.51. The number of halogens is 1. The van der Waals surface area contributed by atoms with Crippen LogP contribution in [0.3, 0.4) is 0 Å². The molecule has 0 atom stereocenters. The molecule has 2 heterocycles. The number of hydrogen-bond acceptors (Lipinski definition) is 3. The van der Waals surface area contributed by atoms with Gasteiger partial charge in [0.15, 0.2) is 0 Å². The lowest BCUT2D eigenvalue weighted by molar-refractivity contribution is 0.0781. The predicted octanol–water partition coefficient (Wildman–Crippen LogP) is 4.62. The Labute approximate surface area is 183 Å². The molecule has 0 saturated carbocycles. The number of aryl methyl sites for hydroxylation is 1. The third kappa shape index (κ3) is 3.68. The van der Waals surface area contributed by atoms with E-state index < -0.39 is 0 Å². The van der Waals surface area contributed by atoms with Crippen molar-refractivity contribution in [2.45, 2.75) is 13.5 Å². The summed E-state index contributed by atoms with van der Waals surface area (Å²) in [5.41, 5.74) is 4.85. The Balaban J connectivity index is 1.79. The Morgan fingerprint density at radius 3 is 2.30 bits per heavy atom. The van der Waals surface area contributed by atoms with E-state index in [9.17, 15) is 4.79 Å². The van der Waals surface area contributed by atoms with Crippen molar-refractivity contribution in [2.75, 3.05) is 7.05 Å². The van der Waals surface area contributed by atoms with Crippen molar-refractivity contribution in [1.82, 2.24) is 24.5 Å². The van der Waals surface area contributed by atoms with Crippen molar-refractivity contribution in [3.63, 3.8) is 0 Å². The van der Waals surface area contributed by atoms with Crippen molar-refractivity contribution < 1.29 is 4.79 Å². The third-order valence-electron chi connectivity index (χ3n) is 5.12. The van der Waals surface area contributed by atoms with Crippen LogP contribution in [0.15, 0.2) is 71.3 Å². The van der Waals surface area contributed by atoms with Crippen LogP contribution in [0, 0.1) is 6.92 Å². The average molecular weight is 464 g/mol. The van der Waals surface area contributed by atoms with Gasteiger partial charge >= 0.3 is 0 Å². The van der Waals surface area contributed by atoms with Gasteiger partial charge in [0.25, 0.3) is 5.91 Å². The van der Waals surface area contributed by atoms with Gasteiger partial charge in [0.1, 0.15) is 5.69 Å². The molecule has 0 bridgehead atoms. The lowest BCUT2D eigenvalue weighted by atomic mass is 10.0. The molecule has 0 spiro atoms. The summed E-state index contributed by atoms with van der Waals surface area (Å²) in [6, 6.07) is 19.7. The van der Waals surface area contributed by atoms with Gasteiger partial charge in [-0.2, -0.15) is 10.2 Å². The minimum Gasteiger partial charge on any atom is -0.336 e. The van der Waals surface area contributed by atoms with Crippen LogP contribution in [0.5, 0.6) is 0 Å². The van der Waals surface area contributed by atoms with Crippen LogP contribution in [-0.4, -0.2) is 37.4 Å². The first-order valence-electron chi connectivity index (χ1n) is 9.59. The van der Waals surface area contributed by atoms with E-state index >= 15 is 0 Å². The quantitative estimate of drug-likeness (QED) is 0.433. The average Bonchev–Trinajstić information content (AvgIpc) is 3.28. The summed E-state index contributed by atoms with van der Waals surface area (Å²) < 4.78 is 4.49. The highest BCUT2D eigenvalue weighted by molar-refractivity contribution is 9.10. The monoisotopic (exact) mass is 463 g/mol. The maximum Gasteiger partial charge on any atom is 0.258 e. The van der Waals surface area contributed by atoms with Gasteiger partial charge < -0.3 is 4.90 Å². The first-order chi connectivity index (χ1) is 14.5. The van der Waals surface area contributed by atoms with E-state index in [2.05, 4.69) is 21.0 Å². The van der Waals surface area contributed by atoms with Crippen molar-refractivity contribution >= 4 is 21.8 Å². The van der Waals surface area contributed by atoms with Crippen LogP contribution in [0.2, 0.25) is 0 Å². The fourth-order valence-electron chi connectivity index (χ4n) is 3.48. The van der Waals surface area contributed by atoms with E-state index in [4.69, 9.17) is 5.10 Å². The molecule has 0 aliphatic rings. The zero-order valence-electron chi connectivity index (χ0n) is 17.1. The van der Waals surface area contributed by atoms with Crippen molar-refractivity contribution in [3.05, 3.63) is 88.3 Å². The summed E-state index contributed by atoms with van der Waals surface area (Å²) in [6.07, 6.45) is 1.74. The van der Waals surface area contributed by atoms with Crippen molar-refractivity contribution in [2.24, 2.45) is 7.05 Å². The van der Waals surface area contributed by atoms with Crippen LogP contribution in [0.25, 0.3) is 16.9 Å². The minimum atomic E-state index is -0.0818. The molecule has 0 aliphatic heterocycles. The van der Waals surface area contributed by atoms with Gasteiger partial charge in [-0.3, -0.25) is 9.48 Å². The summed E-state index contributed by atoms with van der Waals surface area (Å²) in [5, 5.41) is 9.07. The molecule has 0 aliphatic carbocycles. The first-order valence-corrected chi connectivity index (χ1v) is 10.4. The fraction of sp³-hybridized carbons (Fsp3) is 0.174. The molecule has 4 aromatic rings. The number of carbonyl (C=O) groups is 1. The van der Waals surface area contributed by atoms with Crippen LogP contribution >= 0.6 is 15.9 Å². The van der Waals surface area contributed by atoms with Crippen LogP contribution < -0.4 is 0 Å². The number of hydrogen-bond donors (Lipinski definition) is 0. The smallest absolute Gasteiger partial charge is 0.258 e. The number of aromatic nitrogens is 4. The zero-order valence-corrected chi connectivity index (χ0v) is 18.7. The number of benzene rings is 2. The van der Waals surface area contributed by atoms with Gasteiger partial charge in [-0.25, -0.2) is 4.68 Å². The second kappa shape index (κ2) is 8.28. The zero-order chi connectivity index (χ0) is 21.3. The van der Waals surface area contributed by atoms with Gasteiger partial charge in [0.05, 0.1) is 39.9 Å². The van der Waals surface area contributed by atoms with Crippen LogP contribution in [-0.2, 0) is 13.6 Å². The van der Waals surface area contributed by atoms with E-state index in [-0.39, 0.29) is 5.91 Å². The Hall–Kier alpha value is -3.19. The highest BCUT2D eigenvalue weighted by Gasteiger charge is 2.26. The lowest BCUT2D eigenvalue weighted by Crippen LogP contribution is -2.28. The van der Waals surface area contributed by atoms with Gasteiger partial charge in [-0.15, -0.1) is 0 Å². The summed E-state index contributed by atoms with van der Waals surface area (Å²) in [6.45, 7) is 2.37. The number of nitrogens with zero attached hydrogens (tertiary/aromatic N) is 5. The molecule has 2 aromatic heterocycles. The third-order valence-corrected chi connectivity index (χ3v) is 5.78. The molecule has 2 aromatic carbocycles. The summed E-state index contributed by atoms with van der Waals surface area (Å²) in [4.78, 5) is 15.3. The molecule has 0 fully saturated rings. The SMILES string of the molecule is Cc1c(C(=O)N(C)Cc2c(Br)cnn2C)c(-c2ccccc2)nn1-c1ccccc1. The molecule has 4 rings (SSSR count). The molecule has 0 radical (unpaired) electrons. The van der Waals surface area contributed by atoms with Crippen LogP contribution in [0.1, 0.15) is 21.7 Å². The fourth-order valence-corrected chi connectivity index (χ4v) is 3.95. The van der Waals surface area contributed by atoms with E-state index in [0.717, 1.165) is 27.1 Å². The molecular formula is C23H22BrN5O. The van der Waals surface area contributed by atoms with Crippen LogP contribution in [0.4, 0.5) is 0 Å². The number of amides is 1. The maximum atomic E-state index is 13.6. The molecular weight excluding hydrogens is 442 g/mol. The molecule has 7 heteroatoms. The minimum absolute atomic E-state index is 0.0818. The molecule has 0 saturated heterocycles.